The molecule has 1 unspecified atom stereocenters. The third-order valence-electron chi connectivity index (χ3n) is 3.27. The van der Waals surface area contributed by atoms with E-state index in [1.165, 1.54) is 16.6 Å². The molecule has 1 atom stereocenters. The van der Waals surface area contributed by atoms with Crippen LogP contribution in [0.25, 0.3) is 0 Å². The fraction of sp³-hybridized carbons (Fsp3) is 0.583. The highest BCUT2D eigenvalue weighted by Gasteiger charge is 2.37. The SMILES string of the molecule is O=S(=O)(c1ncccc1F)N1CCCC1CCCBr. The van der Waals surface area contributed by atoms with Crippen molar-refractivity contribution in [2.75, 3.05) is 11.9 Å². The van der Waals surface area contributed by atoms with E-state index < -0.39 is 20.9 Å². The number of pyridine rings is 1. The number of sulfonamides is 1. The van der Waals surface area contributed by atoms with E-state index in [4.69, 9.17) is 0 Å². The van der Waals surface area contributed by atoms with Crippen molar-refractivity contribution >= 4 is 26.0 Å². The van der Waals surface area contributed by atoms with E-state index >= 15 is 0 Å². The molecule has 2 heterocycles. The summed E-state index contributed by atoms with van der Waals surface area (Å²) in [5, 5.41) is 0.385. The van der Waals surface area contributed by atoms with Crippen molar-refractivity contribution in [1.82, 2.24) is 9.29 Å². The first-order valence-electron chi connectivity index (χ1n) is 6.25. The minimum atomic E-state index is -3.82. The van der Waals surface area contributed by atoms with Crippen LogP contribution >= 0.6 is 15.9 Å². The normalized spacial score (nSPS) is 20.8. The Morgan fingerprint density at radius 2 is 2.32 bits per heavy atom. The van der Waals surface area contributed by atoms with E-state index in [1.807, 2.05) is 0 Å². The van der Waals surface area contributed by atoms with E-state index in [-0.39, 0.29) is 6.04 Å². The number of hydrogen-bond donors (Lipinski definition) is 0. The standard InChI is InChI=1S/C12H16BrFN2O2S/c13-7-1-4-10-5-3-9-16(10)19(17,18)12-11(14)6-2-8-15-12/h2,6,8,10H,1,3-5,7,9H2. The maximum absolute atomic E-state index is 13.6. The topological polar surface area (TPSA) is 50.3 Å². The fourth-order valence-corrected chi connectivity index (χ4v) is 4.43. The summed E-state index contributed by atoms with van der Waals surface area (Å²) in [7, 11) is -3.82. The van der Waals surface area contributed by atoms with Gasteiger partial charge in [-0.05, 0) is 37.8 Å². The van der Waals surface area contributed by atoms with Crippen molar-refractivity contribution in [3.05, 3.63) is 24.1 Å². The Bertz CT molecular complexity index is 538. The molecule has 19 heavy (non-hydrogen) atoms. The van der Waals surface area contributed by atoms with Gasteiger partial charge in [-0.2, -0.15) is 4.31 Å². The van der Waals surface area contributed by atoms with Crippen LogP contribution in [-0.4, -0.2) is 35.6 Å². The molecular formula is C12H16BrFN2O2S. The maximum Gasteiger partial charge on any atom is 0.263 e. The van der Waals surface area contributed by atoms with Crippen LogP contribution in [0.5, 0.6) is 0 Å². The highest BCUT2D eigenvalue weighted by molar-refractivity contribution is 9.09. The van der Waals surface area contributed by atoms with Gasteiger partial charge in [-0.3, -0.25) is 0 Å². The average molecular weight is 351 g/mol. The first-order valence-corrected chi connectivity index (χ1v) is 8.82. The van der Waals surface area contributed by atoms with Crippen LogP contribution in [0.3, 0.4) is 0 Å². The molecule has 0 spiro atoms. The Kier molecular flexibility index (Phi) is 4.92. The number of halogens is 2. The minimum absolute atomic E-state index is 0.0380. The zero-order valence-corrected chi connectivity index (χ0v) is 12.8. The molecule has 1 aromatic rings. The average Bonchev–Trinajstić information content (AvgIpc) is 2.85. The van der Waals surface area contributed by atoms with Gasteiger partial charge >= 0.3 is 0 Å². The molecule has 0 radical (unpaired) electrons. The molecule has 4 nitrogen and oxygen atoms in total. The molecule has 0 aromatic carbocycles. The third kappa shape index (κ3) is 3.14. The van der Waals surface area contributed by atoms with Crippen molar-refractivity contribution in [2.45, 2.75) is 36.8 Å². The molecule has 1 aliphatic rings. The lowest BCUT2D eigenvalue weighted by Gasteiger charge is -2.23. The van der Waals surface area contributed by atoms with E-state index in [9.17, 15) is 12.8 Å². The van der Waals surface area contributed by atoms with Crippen LogP contribution in [0.1, 0.15) is 25.7 Å². The zero-order chi connectivity index (χ0) is 13.9. The van der Waals surface area contributed by atoms with E-state index in [0.29, 0.717) is 6.54 Å². The van der Waals surface area contributed by atoms with Gasteiger partial charge in [0.15, 0.2) is 5.82 Å². The number of rotatable bonds is 5. The van der Waals surface area contributed by atoms with Crippen LogP contribution in [0.2, 0.25) is 0 Å². The van der Waals surface area contributed by atoms with E-state index in [2.05, 4.69) is 20.9 Å². The van der Waals surface area contributed by atoms with Crippen molar-refractivity contribution in [1.29, 1.82) is 0 Å². The second-order valence-corrected chi connectivity index (χ2v) is 7.13. The summed E-state index contributed by atoms with van der Waals surface area (Å²) in [6, 6.07) is 2.48. The van der Waals surface area contributed by atoms with Crippen molar-refractivity contribution in [3.63, 3.8) is 0 Å². The van der Waals surface area contributed by atoms with Gasteiger partial charge in [0, 0.05) is 24.1 Å². The van der Waals surface area contributed by atoms with Crippen molar-refractivity contribution in [2.24, 2.45) is 0 Å². The van der Waals surface area contributed by atoms with Gasteiger partial charge in [0.25, 0.3) is 10.0 Å². The molecule has 1 saturated heterocycles. The van der Waals surface area contributed by atoms with Crippen LogP contribution in [-0.2, 0) is 10.0 Å². The first kappa shape index (κ1) is 14.9. The molecule has 1 aromatic heterocycles. The molecule has 0 N–H and O–H groups in total. The summed E-state index contributed by atoms with van der Waals surface area (Å²) >= 11 is 3.34. The van der Waals surface area contributed by atoms with Crippen LogP contribution in [0, 0.1) is 5.82 Å². The minimum Gasteiger partial charge on any atom is -0.241 e. The van der Waals surface area contributed by atoms with Crippen molar-refractivity contribution < 1.29 is 12.8 Å². The fourth-order valence-electron chi connectivity index (χ4n) is 2.40. The summed E-state index contributed by atoms with van der Waals surface area (Å²) < 4.78 is 39.9. The van der Waals surface area contributed by atoms with E-state index in [1.54, 1.807) is 0 Å². The summed E-state index contributed by atoms with van der Waals surface area (Å²) in [5.41, 5.74) is 0. The Labute approximate surface area is 121 Å². The molecule has 7 heteroatoms. The van der Waals surface area contributed by atoms with Gasteiger partial charge in [0.05, 0.1) is 0 Å². The third-order valence-corrected chi connectivity index (χ3v) is 5.72. The number of nitrogens with zero attached hydrogens (tertiary/aromatic N) is 2. The highest BCUT2D eigenvalue weighted by atomic mass is 79.9. The lowest BCUT2D eigenvalue weighted by Crippen LogP contribution is -2.36. The Balaban J connectivity index is 2.26. The quantitative estimate of drug-likeness (QED) is 0.766. The molecule has 2 rings (SSSR count). The molecule has 1 fully saturated rings. The summed E-state index contributed by atoms with van der Waals surface area (Å²) in [6.45, 7) is 0.450. The van der Waals surface area contributed by atoms with Crippen molar-refractivity contribution in [3.8, 4) is 0 Å². The first-order chi connectivity index (χ1) is 9.07. The van der Waals surface area contributed by atoms with Crippen LogP contribution in [0.15, 0.2) is 23.4 Å². The second-order valence-electron chi connectivity index (χ2n) is 4.53. The summed E-state index contributed by atoms with van der Waals surface area (Å²) in [5.74, 6) is -0.784. The number of hydrogen-bond acceptors (Lipinski definition) is 3. The Morgan fingerprint density at radius 1 is 1.53 bits per heavy atom. The molecule has 0 saturated carbocycles. The molecule has 0 amide bonds. The van der Waals surface area contributed by atoms with Gasteiger partial charge in [-0.1, -0.05) is 15.9 Å². The molecule has 0 bridgehead atoms. The summed E-state index contributed by atoms with van der Waals surface area (Å²) in [4.78, 5) is 3.70. The number of aromatic nitrogens is 1. The zero-order valence-electron chi connectivity index (χ0n) is 10.4. The smallest absolute Gasteiger partial charge is 0.241 e. The van der Waals surface area contributed by atoms with Crippen LogP contribution < -0.4 is 0 Å². The predicted molar refractivity (Wildman–Crippen MR) is 74.1 cm³/mol. The largest absolute Gasteiger partial charge is 0.263 e. The van der Waals surface area contributed by atoms with Gasteiger partial charge in [0.1, 0.15) is 0 Å². The number of alkyl halides is 1. The van der Waals surface area contributed by atoms with Gasteiger partial charge in [-0.15, -0.1) is 0 Å². The lowest BCUT2D eigenvalue weighted by molar-refractivity contribution is 0.365. The molecule has 106 valence electrons. The predicted octanol–water partition coefficient (Wildman–Crippen LogP) is 2.55. The maximum atomic E-state index is 13.6. The highest BCUT2D eigenvalue weighted by Crippen LogP contribution is 2.28. The molecular weight excluding hydrogens is 335 g/mol. The summed E-state index contributed by atoms with van der Waals surface area (Å²) in [6.07, 6.45) is 4.65. The molecule has 0 aliphatic carbocycles. The Morgan fingerprint density at radius 3 is 3.00 bits per heavy atom. The monoisotopic (exact) mass is 350 g/mol. The van der Waals surface area contributed by atoms with Gasteiger partial charge < -0.3 is 0 Å². The van der Waals surface area contributed by atoms with Gasteiger partial charge in [0.2, 0.25) is 5.03 Å². The molecule has 1 aliphatic heterocycles. The van der Waals surface area contributed by atoms with E-state index in [0.717, 1.165) is 37.1 Å². The van der Waals surface area contributed by atoms with Gasteiger partial charge in [-0.25, -0.2) is 17.8 Å². The lowest BCUT2D eigenvalue weighted by atomic mass is 10.1. The van der Waals surface area contributed by atoms with Crippen LogP contribution in [0.4, 0.5) is 4.39 Å². The second kappa shape index (κ2) is 6.28. The Hall–Kier alpha value is -0.530.